The van der Waals surface area contributed by atoms with E-state index in [0.29, 0.717) is 26.0 Å². The first-order chi connectivity index (χ1) is 18.9. The Bertz CT molecular complexity index is 1230. The van der Waals surface area contributed by atoms with E-state index in [1.807, 2.05) is 55.3 Å². The monoisotopic (exact) mass is 528 g/mol. The van der Waals surface area contributed by atoms with Crippen molar-refractivity contribution in [1.82, 2.24) is 9.80 Å². The maximum absolute atomic E-state index is 13.9. The summed E-state index contributed by atoms with van der Waals surface area (Å²) < 4.78 is 19.2. The second-order valence-corrected chi connectivity index (χ2v) is 10.9. The van der Waals surface area contributed by atoms with Crippen LogP contribution in [0.25, 0.3) is 0 Å². The standard InChI is InChI=1S/C33H37FN2O3/c1-3-39-31(38)32(25-14-16-29(34)17-15-25)19-22-36(23-20-32)21-18-28-24-35(2)30(37)33(28,26-10-6-4-7-11-26)27-12-8-5-9-13-27/h4-17,28H,3,18-24H2,1-2H3. The molecule has 2 aliphatic heterocycles. The number of carbonyl (C=O) groups excluding carboxylic acids is 2. The lowest BCUT2D eigenvalue weighted by atomic mass is 9.66. The van der Waals surface area contributed by atoms with Gasteiger partial charge in [-0.15, -0.1) is 0 Å². The normalized spacial score (nSPS) is 20.6. The Balaban J connectivity index is 1.37. The maximum Gasteiger partial charge on any atom is 0.316 e. The average molecular weight is 529 g/mol. The van der Waals surface area contributed by atoms with E-state index < -0.39 is 10.8 Å². The van der Waals surface area contributed by atoms with Crippen LogP contribution in [0.2, 0.25) is 0 Å². The quantitative estimate of drug-likeness (QED) is 0.378. The summed E-state index contributed by atoms with van der Waals surface area (Å²) >= 11 is 0. The molecule has 3 aromatic carbocycles. The van der Waals surface area contributed by atoms with Crippen LogP contribution in [0.1, 0.15) is 42.9 Å². The third kappa shape index (κ3) is 4.87. The molecule has 0 N–H and O–H groups in total. The molecule has 0 bridgehead atoms. The molecule has 2 aliphatic rings. The lowest BCUT2D eigenvalue weighted by Gasteiger charge is -2.41. The molecule has 204 valence electrons. The molecule has 0 aliphatic carbocycles. The minimum Gasteiger partial charge on any atom is -0.465 e. The van der Waals surface area contributed by atoms with Crippen LogP contribution in [0, 0.1) is 11.7 Å². The molecule has 2 fully saturated rings. The SMILES string of the molecule is CCOC(=O)C1(c2ccc(F)cc2)CCN(CCC2CN(C)C(=O)C2(c2ccccc2)c2ccccc2)CC1. The Hall–Kier alpha value is -3.51. The molecule has 39 heavy (non-hydrogen) atoms. The number of nitrogens with zero attached hydrogens (tertiary/aromatic N) is 2. The van der Waals surface area contributed by atoms with Gasteiger partial charge in [0.15, 0.2) is 0 Å². The van der Waals surface area contributed by atoms with Crippen molar-refractivity contribution in [3.05, 3.63) is 107 Å². The molecule has 2 heterocycles. The minimum absolute atomic E-state index is 0.105. The lowest BCUT2D eigenvalue weighted by Crippen LogP contribution is -2.49. The van der Waals surface area contributed by atoms with Gasteiger partial charge in [0.05, 0.1) is 12.0 Å². The smallest absolute Gasteiger partial charge is 0.316 e. The molecule has 2 saturated heterocycles. The fraction of sp³-hybridized carbons (Fsp3) is 0.394. The predicted molar refractivity (Wildman–Crippen MR) is 150 cm³/mol. The van der Waals surface area contributed by atoms with E-state index in [1.165, 1.54) is 12.1 Å². The molecule has 5 rings (SSSR count). The molecule has 6 heteroatoms. The number of likely N-dealkylation sites (N-methyl/N-ethyl adjacent to an activating group) is 1. The Morgan fingerprint density at radius 1 is 0.897 bits per heavy atom. The van der Waals surface area contributed by atoms with Gasteiger partial charge in [-0.1, -0.05) is 72.8 Å². The first kappa shape index (κ1) is 27.1. The van der Waals surface area contributed by atoms with Gasteiger partial charge in [0.25, 0.3) is 0 Å². The number of benzene rings is 3. The Morgan fingerprint density at radius 3 is 2.00 bits per heavy atom. The molecule has 1 amide bonds. The third-order valence-electron chi connectivity index (χ3n) is 8.82. The van der Waals surface area contributed by atoms with E-state index in [-0.39, 0.29) is 23.6 Å². The number of piperidine rings is 1. The van der Waals surface area contributed by atoms with Gasteiger partial charge in [0.2, 0.25) is 5.91 Å². The third-order valence-corrected chi connectivity index (χ3v) is 8.82. The summed E-state index contributed by atoms with van der Waals surface area (Å²) in [5.41, 5.74) is 1.40. The number of halogens is 1. The van der Waals surface area contributed by atoms with Crippen molar-refractivity contribution in [2.24, 2.45) is 5.92 Å². The number of carbonyl (C=O) groups is 2. The molecule has 3 aromatic rings. The average Bonchev–Trinajstić information content (AvgIpc) is 3.23. The molecular formula is C33H37FN2O3. The van der Waals surface area contributed by atoms with Crippen LogP contribution in [0.4, 0.5) is 4.39 Å². The lowest BCUT2D eigenvalue weighted by molar-refractivity contribution is -0.152. The largest absolute Gasteiger partial charge is 0.465 e. The first-order valence-corrected chi connectivity index (χ1v) is 13.9. The van der Waals surface area contributed by atoms with E-state index >= 15 is 0 Å². The molecular weight excluding hydrogens is 491 g/mol. The predicted octanol–water partition coefficient (Wildman–Crippen LogP) is 5.19. The minimum atomic E-state index is -0.762. The fourth-order valence-corrected chi connectivity index (χ4v) is 6.77. The van der Waals surface area contributed by atoms with Gasteiger partial charge in [0, 0.05) is 19.5 Å². The zero-order valence-electron chi connectivity index (χ0n) is 22.8. The van der Waals surface area contributed by atoms with Crippen LogP contribution in [-0.4, -0.2) is 61.5 Å². The highest BCUT2D eigenvalue weighted by molar-refractivity contribution is 5.94. The van der Waals surface area contributed by atoms with Gasteiger partial charge in [-0.05, 0) is 74.6 Å². The Morgan fingerprint density at radius 2 is 1.46 bits per heavy atom. The van der Waals surface area contributed by atoms with E-state index in [2.05, 4.69) is 29.2 Å². The van der Waals surface area contributed by atoms with E-state index in [0.717, 1.165) is 42.7 Å². The number of hydrogen-bond acceptors (Lipinski definition) is 4. The van der Waals surface area contributed by atoms with Crippen LogP contribution in [-0.2, 0) is 25.2 Å². The molecule has 0 saturated carbocycles. The van der Waals surface area contributed by atoms with Crippen LogP contribution in [0.3, 0.4) is 0 Å². The van der Waals surface area contributed by atoms with Crippen LogP contribution in [0.15, 0.2) is 84.9 Å². The number of esters is 1. The van der Waals surface area contributed by atoms with Crippen LogP contribution < -0.4 is 0 Å². The number of rotatable bonds is 8. The summed E-state index contributed by atoms with van der Waals surface area (Å²) in [6, 6.07) is 26.6. The van der Waals surface area contributed by atoms with Gasteiger partial charge < -0.3 is 14.5 Å². The number of likely N-dealkylation sites (tertiary alicyclic amines) is 2. The van der Waals surface area contributed by atoms with Crippen LogP contribution >= 0.6 is 0 Å². The number of ether oxygens (including phenoxy) is 1. The van der Waals surface area contributed by atoms with Crippen molar-refractivity contribution in [3.63, 3.8) is 0 Å². The first-order valence-electron chi connectivity index (χ1n) is 13.9. The van der Waals surface area contributed by atoms with Gasteiger partial charge in [-0.2, -0.15) is 0 Å². The molecule has 1 atom stereocenters. The van der Waals surface area contributed by atoms with E-state index in [1.54, 1.807) is 12.1 Å². The summed E-state index contributed by atoms with van der Waals surface area (Å²) in [4.78, 5) is 31.4. The highest BCUT2D eigenvalue weighted by Gasteiger charge is 2.55. The summed E-state index contributed by atoms with van der Waals surface area (Å²) in [6.45, 7) is 5.12. The topological polar surface area (TPSA) is 49.9 Å². The Kier molecular flexibility index (Phi) is 7.85. The Labute approximate surface area is 230 Å². The molecule has 5 nitrogen and oxygen atoms in total. The second kappa shape index (κ2) is 11.3. The summed E-state index contributed by atoms with van der Waals surface area (Å²) in [7, 11) is 1.90. The highest BCUT2D eigenvalue weighted by Crippen LogP contribution is 2.47. The summed E-state index contributed by atoms with van der Waals surface area (Å²) in [5, 5.41) is 0. The van der Waals surface area contributed by atoms with Crippen molar-refractivity contribution in [1.29, 1.82) is 0 Å². The number of amides is 1. The zero-order chi connectivity index (χ0) is 27.5. The second-order valence-electron chi connectivity index (χ2n) is 10.9. The molecule has 0 aromatic heterocycles. The molecule has 0 spiro atoms. The van der Waals surface area contributed by atoms with Gasteiger partial charge in [-0.25, -0.2) is 4.39 Å². The molecule has 0 radical (unpaired) electrons. The maximum atomic E-state index is 13.9. The van der Waals surface area contributed by atoms with E-state index in [4.69, 9.17) is 4.74 Å². The fourth-order valence-electron chi connectivity index (χ4n) is 6.77. The van der Waals surface area contributed by atoms with Crippen molar-refractivity contribution >= 4 is 11.9 Å². The van der Waals surface area contributed by atoms with Gasteiger partial charge in [-0.3, -0.25) is 9.59 Å². The highest BCUT2D eigenvalue weighted by atomic mass is 19.1. The van der Waals surface area contributed by atoms with Crippen molar-refractivity contribution in [2.45, 2.75) is 37.0 Å². The van der Waals surface area contributed by atoms with E-state index in [9.17, 15) is 14.0 Å². The summed E-state index contributed by atoms with van der Waals surface area (Å²) in [6.07, 6.45) is 2.08. The van der Waals surface area contributed by atoms with Crippen molar-refractivity contribution in [2.75, 3.05) is 39.8 Å². The van der Waals surface area contributed by atoms with Gasteiger partial charge >= 0.3 is 5.97 Å². The zero-order valence-corrected chi connectivity index (χ0v) is 22.8. The summed E-state index contributed by atoms with van der Waals surface area (Å²) in [5.74, 6) is -0.298. The van der Waals surface area contributed by atoms with Crippen molar-refractivity contribution in [3.8, 4) is 0 Å². The number of hydrogen-bond donors (Lipinski definition) is 0. The van der Waals surface area contributed by atoms with Crippen molar-refractivity contribution < 1.29 is 18.7 Å². The van der Waals surface area contributed by atoms with Gasteiger partial charge in [0.1, 0.15) is 11.2 Å². The van der Waals surface area contributed by atoms with Crippen LogP contribution in [0.5, 0.6) is 0 Å². The molecule has 1 unspecified atom stereocenters.